The van der Waals surface area contributed by atoms with E-state index in [1.165, 1.54) is 11.8 Å². The summed E-state index contributed by atoms with van der Waals surface area (Å²) in [4.78, 5) is 12.3. The number of methoxy groups -OCH3 is 1. The van der Waals surface area contributed by atoms with Gasteiger partial charge in [0.25, 0.3) is 0 Å². The quantitative estimate of drug-likeness (QED) is 0.351. The highest BCUT2D eigenvalue weighted by atomic mass is 32.2. The molecule has 0 saturated carbocycles. The van der Waals surface area contributed by atoms with Crippen LogP contribution < -0.4 is 14.8 Å². The van der Waals surface area contributed by atoms with Crippen LogP contribution in [0.15, 0.2) is 66.3 Å². The Morgan fingerprint density at radius 3 is 2.71 bits per heavy atom. The van der Waals surface area contributed by atoms with Crippen LogP contribution in [0.25, 0.3) is 0 Å². The molecule has 0 fully saturated rings. The molecule has 0 bridgehead atoms. The molecule has 1 aromatic heterocycles. The monoisotopic (exact) mass is 438 g/mol. The van der Waals surface area contributed by atoms with Crippen LogP contribution >= 0.6 is 11.8 Å². The molecule has 8 heteroatoms. The zero-order chi connectivity index (χ0) is 22.1. The number of nitrogens with zero attached hydrogens (tertiary/aromatic N) is 3. The lowest BCUT2D eigenvalue weighted by atomic mass is 10.2. The summed E-state index contributed by atoms with van der Waals surface area (Å²) in [5.41, 5.74) is 1.74. The highest BCUT2D eigenvalue weighted by molar-refractivity contribution is 7.99. The zero-order valence-electron chi connectivity index (χ0n) is 17.7. The molecule has 0 aliphatic carbocycles. The number of aromatic nitrogens is 3. The molecule has 2 aromatic carbocycles. The summed E-state index contributed by atoms with van der Waals surface area (Å²) < 4.78 is 12.9. The number of hydrogen-bond donors (Lipinski definition) is 1. The van der Waals surface area contributed by atoms with Crippen molar-refractivity contribution in [3.63, 3.8) is 0 Å². The molecular formula is C23H26N4O3S. The Morgan fingerprint density at radius 1 is 1.19 bits per heavy atom. The van der Waals surface area contributed by atoms with Gasteiger partial charge < -0.3 is 14.8 Å². The van der Waals surface area contributed by atoms with E-state index in [0.717, 1.165) is 27.9 Å². The standard InChI is InChI=1S/C23H26N4O3S/c1-4-13-27-21(16-30-18-8-6-5-7-9-18)25-26-23(27)31-14-12-22(28)24-20-11-10-19(29-3)15-17(20)2/h4-11,15H,1,12-14,16H2,2-3H3,(H,24,28). The zero-order valence-corrected chi connectivity index (χ0v) is 18.5. The van der Waals surface area contributed by atoms with Crippen LogP contribution in [0.1, 0.15) is 17.8 Å². The van der Waals surface area contributed by atoms with Crippen LogP contribution in [-0.4, -0.2) is 33.5 Å². The third kappa shape index (κ3) is 6.36. The molecule has 3 rings (SSSR count). The molecule has 162 valence electrons. The molecule has 1 heterocycles. The van der Waals surface area contributed by atoms with Crippen LogP contribution in [0.3, 0.4) is 0 Å². The number of ether oxygens (including phenoxy) is 2. The smallest absolute Gasteiger partial charge is 0.225 e. The maximum absolute atomic E-state index is 12.3. The number of anilines is 1. The summed E-state index contributed by atoms with van der Waals surface area (Å²) >= 11 is 1.48. The molecule has 31 heavy (non-hydrogen) atoms. The van der Waals surface area contributed by atoms with Gasteiger partial charge in [-0.15, -0.1) is 16.8 Å². The minimum Gasteiger partial charge on any atom is -0.497 e. The second kappa shape index (κ2) is 11.2. The summed E-state index contributed by atoms with van der Waals surface area (Å²) in [5, 5.41) is 12.2. The largest absolute Gasteiger partial charge is 0.497 e. The van der Waals surface area contributed by atoms with E-state index in [9.17, 15) is 4.79 Å². The molecule has 0 saturated heterocycles. The van der Waals surface area contributed by atoms with Crippen LogP contribution in [0, 0.1) is 6.92 Å². The lowest BCUT2D eigenvalue weighted by Crippen LogP contribution is -2.13. The van der Waals surface area contributed by atoms with Crippen molar-refractivity contribution in [2.75, 3.05) is 18.2 Å². The number of aryl methyl sites for hydroxylation is 1. The molecule has 0 radical (unpaired) electrons. The second-order valence-corrected chi connectivity index (χ2v) is 7.79. The second-order valence-electron chi connectivity index (χ2n) is 6.73. The van der Waals surface area contributed by atoms with Gasteiger partial charge in [0.15, 0.2) is 11.0 Å². The van der Waals surface area contributed by atoms with Gasteiger partial charge in [0.05, 0.1) is 7.11 Å². The summed E-state index contributed by atoms with van der Waals surface area (Å²) in [7, 11) is 1.62. The number of carbonyl (C=O) groups excluding carboxylic acids is 1. The minimum atomic E-state index is -0.0526. The number of para-hydroxylation sites is 1. The highest BCUT2D eigenvalue weighted by Gasteiger charge is 2.13. The van der Waals surface area contributed by atoms with Gasteiger partial charge in [0.1, 0.15) is 18.1 Å². The lowest BCUT2D eigenvalue weighted by Gasteiger charge is -2.10. The molecule has 3 aromatic rings. The molecule has 0 spiro atoms. The molecule has 7 nitrogen and oxygen atoms in total. The molecular weight excluding hydrogens is 412 g/mol. The van der Waals surface area contributed by atoms with Crippen molar-refractivity contribution < 1.29 is 14.3 Å². The fourth-order valence-corrected chi connectivity index (χ4v) is 3.77. The van der Waals surface area contributed by atoms with Crippen LogP contribution in [0.2, 0.25) is 0 Å². The van der Waals surface area contributed by atoms with Crippen molar-refractivity contribution in [2.45, 2.75) is 31.7 Å². The molecule has 0 unspecified atom stereocenters. The van der Waals surface area contributed by atoms with Crippen molar-refractivity contribution in [3.05, 3.63) is 72.6 Å². The number of thioether (sulfide) groups is 1. The van der Waals surface area contributed by atoms with Gasteiger partial charge in [-0.3, -0.25) is 9.36 Å². The van der Waals surface area contributed by atoms with E-state index in [0.29, 0.717) is 31.1 Å². The number of hydrogen-bond acceptors (Lipinski definition) is 6. The topological polar surface area (TPSA) is 78.3 Å². The van der Waals surface area contributed by atoms with Gasteiger partial charge >= 0.3 is 0 Å². The first-order valence-corrected chi connectivity index (χ1v) is 10.9. The van der Waals surface area contributed by atoms with Crippen LogP contribution in [0.4, 0.5) is 5.69 Å². The third-order valence-electron chi connectivity index (χ3n) is 4.48. The van der Waals surface area contributed by atoms with Crippen molar-refractivity contribution >= 4 is 23.4 Å². The van der Waals surface area contributed by atoms with Crippen LogP contribution in [0.5, 0.6) is 11.5 Å². The van der Waals surface area contributed by atoms with Crippen molar-refractivity contribution in [1.29, 1.82) is 0 Å². The first-order chi connectivity index (χ1) is 15.1. The van der Waals surface area contributed by atoms with E-state index in [-0.39, 0.29) is 5.91 Å². The van der Waals surface area contributed by atoms with Gasteiger partial charge in [0.2, 0.25) is 5.91 Å². The lowest BCUT2D eigenvalue weighted by molar-refractivity contribution is -0.115. The van der Waals surface area contributed by atoms with E-state index in [1.54, 1.807) is 13.2 Å². The maximum atomic E-state index is 12.3. The van der Waals surface area contributed by atoms with E-state index in [1.807, 2.05) is 60.0 Å². The first-order valence-electron chi connectivity index (χ1n) is 9.89. The Hall–Kier alpha value is -3.26. The van der Waals surface area contributed by atoms with Gasteiger partial charge in [-0.2, -0.15) is 0 Å². The fourth-order valence-electron chi connectivity index (χ4n) is 2.86. The van der Waals surface area contributed by atoms with E-state index < -0.39 is 0 Å². The average Bonchev–Trinajstić information content (AvgIpc) is 3.16. The molecule has 0 aliphatic rings. The molecule has 0 atom stereocenters. The Bertz CT molecular complexity index is 1020. The number of rotatable bonds is 11. The SMILES string of the molecule is C=CCn1c(COc2ccccc2)nnc1SCCC(=O)Nc1ccc(OC)cc1C. The average molecular weight is 439 g/mol. The maximum Gasteiger partial charge on any atom is 0.225 e. The van der Waals surface area contributed by atoms with E-state index in [4.69, 9.17) is 9.47 Å². The van der Waals surface area contributed by atoms with Crippen molar-refractivity contribution in [2.24, 2.45) is 0 Å². The van der Waals surface area contributed by atoms with E-state index in [2.05, 4.69) is 22.1 Å². The minimum absolute atomic E-state index is 0.0526. The Balaban J connectivity index is 1.54. The van der Waals surface area contributed by atoms with Crippen LogP contribution in [-0.2, 0) is 17.9 Å². The van der Waals surface area contributed by atoms with Crippen molar-refractivity contribution in [1.82, 2.24) is 14.8 Å². The number of amides is 1. The Morgan fingerprint density at radius 2 is 2.00 bits per heavy atom. The fraction of sp³-hybridized carbons (Fsp3) is 0.261. The number of allylic oxidation sites excluding steroid dienone is 1. The molecule has 1 N–H and O–H groups in total. The predicted molar refractivity (Wildman–Crippen MR) is 123 cm³/mol. The molecule has 0 aliphatic heterocycles. The van der Waals surface area contributed by atoms with Gasteiger partial charge in [-0.25, -0.2) is 0 Å². The highest BCUT2D eigenvalue weighted by Crippen LogP contribution is 2.22. The van der Waals surface area contributed by atoms with Gasteiger partial charge in [-0.1, -0.05) is 36.0 Å². The summed E-state index contributed by atoms with van der Waals surface area (Å²) in [5.74, 6) is 2.78. The predicted octanol–water partition coefficient (Wildman–Crippen LogP) is 4.48. The first kappa shape index (κ1) is 22.4. The summed E-state index contributed by atoms with van der Waals surface area (Å²) in [6, 6.07) is 15.1. The number of nitrogens with one attached hydrogen (secondary N) is 1. The van der Waals surface area contributed by atoms with Gasteiger partial charge in [0, 0.05) is 24.4 Å². The van der Waals surface area contributed by atoms with E-state index >= 15 is 0 Å². The number of benzene rings is 2. The van der Waals surface area contributed by atoms with Gasteiger partial charge in [-0.05, 0) is 42.8 Å². The Kier molecular flexibility index (Phi) is 8.12. The van der Waals surface area contributed by atoms with Crippen molar-refractivity contribution in [3.8, 4) is 11.5 Å². The third-order valence-corrected chi connectivity index (χ3v) is 5.45. The Labute approximate surface area is 186 Å². The molecule has 1 amide bonds. The normalized spacial score (nSPS) is 10.5. The summed E-state index contributed by atoms with van der Waals surface area (Å²) in [6.45, 7) is 6.62. The number of carbonyl (C=O) groups is 1. The summed E-state index contributed by atoms with van der Waals surface area (Å²) in [6.07, 6.45) is 2.14.